The minimum Gasteiger partial charge on any atom is -0.382 e. The molecule has 1 rings (SSSR count). The zero-order valence-electron chi connectivity index (χ0n) is 8.84. The van der Waals surface area contributed by atoms with Crippen molar-refractivity contribution in [3.05, 3.63) is 30.1 Å². The number of hydrogen-bond acceptors (Lipinski definition) is 5. The average molecular weight is 225 g/mol. The molecule has 0 amide bonds. The van der Waals surface area contributed by atoms with Crippen LogP contribution in [0.25, 0.3) is 0 Å². The van der Waals surface area contributed by atoms with Gasteiger partial charge in [-0.15, -0.1) is 0 Å². The highest BCUT2D eigenvalue weighted by Crippen LogP contribution is 2.16. The molecule has 82 valence electrons. The summed E-state index contributed by atoms with van der Waals surface area (Å²) >= 11 is 1.33. The zero-order chi connectivity index (χ0) is 11.1. The summed E-state index contributed by atoms with van der Waals surface area (Å²) in [6.45, 7) is 2.26. The normalized spacial score (nSPS) is 13.9. The molecule has 15 heavy (non-hydrogen) atoms. The molecule has 1 atom stereocenters. The minimum atomic E-state index is -0.464. The van der Waals surface area contributed by atoms with Crippen LogP contribution < -0.4 is 5.32 Å². The van der Waals surface area contributed by atoms with Crippen LogP contribution in [0.4, 0.5) is 0 Å². The number of hydrogen-bond donors (Lipinski definition) is 2. The molecule has 0 aliphatic carbocycles. The number of pyridine rings is 1. The van der Waals surface area contributed by atoms with Crippen molar-refractivity contribution < 1.29 is 5.11 Å². The van der Waals surface area contributed by atoms with Gasteiger partial charge >= 0.3 is 0 Å². The van der Waals surface area contributed by atoms with Gasteiger partial charge in [-0.3, -0.25) is 9.98 Å². The predicted molar refractivity (Wildman–Crippen MR) is 64.0 cm³/mol. The van der Waals surface area contributed by atoms with Crippen LogP contribution in [0.2, 0.25) is 0 Å². The van der Waals surface area contributed by atoms with Gasteiger partial charge < -0.3 is 10.4 Å². The Kier molecular flexibility index (Phi) is 5.31. The van der Waals surface area contributed by atoms with Gasteiger partial charge in [0.15, 0.2) is 0 Å². The summed E-state index contributed by atoms with van der Waals surface area (Å²) in [4.78, 5) is 8.28. The summed E-state index contributed by atoms with van der Waals surface area (Å²) in [5, 5.41) is 13.1. The van der Waals surface area contributed by atoms with E-state index in [9.17, 15) is 5.11 Å². The Hall–Kier alpha value is -0.910. The first kappa shape index (κ1) is 12.2. The molecule has 4 nitrogen and oxygen atoms in total. The quantitative estimate of drug-likeness (QED) is 0.457. The monoisotopic (exact) mass is 225 g/mol. The van der Waals surface area contributed by atoms with Gasteiger partial charge in [-0.2, -0.15) is 0 Å². The van der Waals surface area contributed by atoms with Gasteiger partial charge in [-0.05, 0) is 26.1 Å². The van der Waals surface area contributed by atoms with Crippen LogP contribution >= 0.6 is 11.8 Å². The van der Waals surface area contributed by atoms with Gasteiger partial charge in [-0.1, -0.05) is 11.8 Å². The highest BCUT2D eigenvalue weighted by molar-refractivity contribution is 8.14. The molecular formula is C10H15N3OS. The van der Waals surface area contributed by atoms with Crippen LogP contribution in [0, 0.1) is 0 Å². The summed E-state index contributed by atoms with van der Waals surface area (Å²) in [6.07, 6.45) is 3.43. The Bertz CT molecular complexity index is 314. The lowest BCUT2D eigenvalue weighted by molar-refractivity contribution is 0.285. The average Bonchev–Trinajstić information content (AvgIpc) is 2.25. The number of nitrogens with one attached hydrogen (secondary N) is 1. The molecule has 0 radical (unpaired) electrons. The topological polar surface area (TPSA) is 57.5 Å². The van der Waals surface area contributed by atoms with Crippen molar-refractivity contribution in [1.82, 2.24) is 10.3 Å². The maximum absolute atomic E-state index is 9.33. The first-order valence-electron chi connectivity index (χ1n) is 4.68. The Morgan fingerprint density at radius 3 is 2.80 bits per heavy atom. The van der Waals surface area contributed by atoms with E-state index in [-0.39, 0.29) is 0 Å². The molecule has 1 aromatic heterocycles. The van der Waals surface area contributed by atoms with Crippen molar-refractivity contribution >= 4 is 16.8 Å². The van der Waals surface area contributed by atoms with Gasteiger partial charge in [0, 0.05) is 18.0 Å². The van der Waals surface area contributed by atoms with E-state index in [1.54, 1.807) is 19.3 Å². The molecule has 0 bridgehead atoms. The fourth-order valence-corrected chi connectivity index (χ4v) is 1.74. The molecule has 1 heterocycles. The van der Waals surface area contributed by atoms with Crippen molar-refractivity contribution in [1.29, 1.82) is 0 Å². The maximum Gasteiger partial charge on any atom is 0.102 e. The molecule has 0 spiro atoms. The molecule has 0 aromatic carbocycles. The maximum atomic E-state index is 9.33. The largest absolute Gasteiger partial charge is 0.382 e. The van der Waals surface area contributed by atoms with E-state index < -0.39 is 5.44 Å². The lowest BCUT2D eigenvalue weighted by atomic mass is 10.3. The number of aromatic nitrogens is 1. The Morgan fingerprint density at radius 1 is 1.60 bits per heavy atom. The van der Waals surface area contributed by atoms with Gasteiger partial charge in [0.2, 0.25) is 0 Å². The summed E-state index contributed by atoms with van der Waals surface area (Å²) in [6, 6.07) is 3.76. The lowest BCUT2D eigenvalue weighted by Gasteiger charge is -2.08. The van der Waals surface area contributed by atoms with Gasteiger partial charge in [0.1, 0.15) is 10.5 Å². The van der Waals surface area contributed by atoms with E-state index in [1.165, 1.54) is 11.8 Å². The minimum absolute atomic E-state index is 0.464. The Balaban J connectivity index is 2.81. The molecule has 1 aromatic rings. The Morgan fingerprint density at radius 2 is 2.27 bits per heavy atom. The van der Waals surface area contributed by atoms with Gasteiger partial charge in [0.25, 0.3) is 0 Å². The van der Waals surface area contributed by atoms with E-state index in [2.05, 4.69) is 15.3 Å². The van der Waals surface area contributed by atoms with Crippen molar-refractivity contribution in [2.24, 2.45) is 4.99 Å². The van der Waals surface area contributed by atoms with Crippen molar-refractivity contribution in [3.63, 3.8) is 0 Å². The zero-order valence-corrected chi connectivity index (χ0v) is 9.66. The molecule has 0 aliphatic heterocycles. The summed E-state index contributed by atoms with van der Waals surface area (Å²) in [5.41, 5.74) is 0.514. The third kappa shape index (κ3) is 4.42. The van der Waals surface area contributed by atoms with E-state index >= 15 is 0 Å². The number of aliphatic imine (C=N–C) groups is 1. The van der Waals surface area contributed by atoms with Crippen LogP contribution in [0.15, 0.2) is 29.5 Å². The third-order valence-corrected chi connectivity index (χ3v) is 2.52. The highest BCUT2D eigenvalue weighted by atomic mass is 32.2. The predicted octanol–water partition coefficient (Wildman–Crippen LogP) is 1.08. The standard InChI is InChI=1S/C10H15N3OS/c1-8(14)15-10(13-7-11-2)9-3-5-12-6-4-9/h3-6,8,11,14H,7H2,1-2H3. The molecule has 2 N–H and O–H groups in total. The summed E-state index contributed by atoms with van der Waals surface area (Å²) in [5.74, 6) is 0. The van der Waals surface area contributed by atoms with Crippen molar-refractivity contribution in [3.8, 4) is 0 Å². The number of thioether (sulfide) groups is 1. The third-order valence-electron chi connectivity index (χ3n) is 1.59. The lowest BCUT2D eigenvalue weighted by Crippen LogP contribution is -2.10. The fraction of sp³-hybridized carbons (Fsp3) is 0.400. The first-order chi connectivity index (χ1) is 7.24. The molecule has 0 saturated carbocycles. The Labute approximate surface area is 93.8 Å². The van der Waals surface area contributed by atoms with E-state index in [1.807, 2.05) is 19.2 Å². The molecule has 0 aliphatic rings. The van der Waals surface area contributed by atoms with E-state index in [0.717, 1.165) is 10.6 Å². The van der Waals surface area contributed by atoms with Crippen LogP contribution in [0.1, 0.15) is 12.5 Å². The SMILES string of the molecule is CNCN=C(SC(C)O)c1ccncc1. The van der Waals surface area contributed by atoms with Crippen molar-refractivity contribution in [2.45, 2.75) is 12.4 Å². The molecular weight excluding hydrogens is 210 g/mol. The second-order valence-electron chi connectivity index (χ2n) is 2.93. The number of rotatable bonds is 4. The van der Waals surface area contributed by atoms with Crippen molar-refractivity contribution in [2.75, 3.05) is 13.7 Å². The smallest absolute Gasteiger partial charge is 0.102 e. The van der Waals surface area contributed by atoms with Crippen LogP contribution in [0.3, 0.4) is 0 Å². The van der Waals surface area contributed by atoms with Crippen LogP contribution in [-0.2, 0) is 0 Å². The summed E-state index contributed by atoms with van der Waals surface area (Å²) < 4.78 is 0. The molecule has 0 fully saturated rings. The fourth-order valence-electron chi connectivity index (χ4n) is 1.00. The van der Waals surface area contributed by atoms with E-state index in [4.69, 9.17) is 0 Å². The van der Waals surface area contributed by atoms with Gasteiger partial charge in [-0.25, -0.2) is 0 Å². The van der Waals surface area contributed by atoms with Crippen LogP contribution in [0.5, 0.6) is 0 Å². The molecule has 5 heteroatoms. The second kappa shape index (κ2) is 6.55. The molecule has 0 saturated heterocycles. The number of aliphatic hydroxyl groups is 1. The second-order valence-corrected chi connectivity index (χ2v) is 4.23. The highest BCUT2D eigenvalue weighted by Gasteiger charge is 2.07. The summed E-state index contributed by atoms with van der Waals surface area (Å²) in [7, 11) is 1.83. The van der Waals surface area contributed by atoms with E-state index in [0.29, 0.717) is 6.67 Å². The first-order valence-corrected chi connectivity index (χ1v) is 5.56. The van der Waals surface area contributed by atoms with Crippen LogP contribution in [-0.4, -0.2) is 34.3 Å². The van der Waals surface area contributed by atoms with Gasteiger partial charge in [0.05, 0.1) is 6.67 Å². The number of nitrogens with zero attached hydrogens (tertiary/aromatic N) is 2. The number of aliphatic hydroxyl groups excluding tert-OH is 1. The molecule has 1 unspecified atom stereocenters.